The van der Waals surface area contributed by atoms with E-state index < -0.39 is 6.10 Å². The van der Waals surface area contributed by atoms with Gasteiger partial charge in [0.15, 0.2) is 0 Å². The highest BCUT2D eigenvalue weighted by atomic mass is 16.3. The fraction of sp³-hybridized carbons (Fsp3) is 0.158. The number of aliphatic hydroxyl groups is 1. The highest BCUT2D eigenvalue weighted by Crippen LogP contribution is 2.31. The standard InChI is InChI=1S/C19H18N4O2/c24-17-11-13-3-1-2-4-15(13)18(17)22-19(25)21-14-7-5-12(6-8-14)16-9-10-20-23-16/h1-10,17-18,24H,11H2,(H,20,23)(H2,21,22,25)/t17-,18+/m0/s1. The summed E-state index contributed by atoms with van der Waals surface area (Å²) in [7, 11) is 0. The van der Waals surface area contributed by atoms with Crippen LogP contribution < -0.4 is 10.6 Å². The van der Waals surface area contributed by atoms with Crippen LogP contribution in [-0.4, -0.2) is 27.4 Å². The molecule has 0 spiro atoms. The average molecular weight is 334 g/mol. The fourth-order valence-corrected chi connectivity index (χ4v) is 3.21. The van der Waals surface area contributed by atoms with Gasteiger partial charge in [0.1, 0.15) is 0 Å². The summed E-state index contributed by atoms with van der Waals surface area (Å²) in [5.41, 5.74) is 4.63. The van der Waals surface area contributed by atoms with Crippen LogP contribution in [0.4, 0.5) is 10.5 Å². The van der Waals surface area contributed by atoms with Gasteiger partial charge in [-0.1, -0.05) is 36.4 Å². The Kier molecular flexibility index (Phi) is 3.95. The Balaban J connectivity index is 1.42. The number of aromatic amines is 1. The van der Waals surface area contributed by atoms with E-state index in [1.165, 1.54) is 0 Å². The van der Waals surface area contributed by atoms with Crippen molar-refractivity contribution < 1.29 is 9.90 Å². The minimum Gasteiger partial charge on any atom is -0.390 e. The van der Waals surface area contributed by atoms with Crippen molar-refractivity contribution in [3.05, 3.63) is 71.9 Å². The Morgan fingerprint density at radius 1 is 1.12 bits per heavy atom. The molecular weight excluding hydrogens is 316 g/mol. The molecule has 6 heteroatoms. The van der Waals surface area contributed by atoms with Crippen molar-refractivity contribution in [2.45, 2.75) is 18.6 Å². The zero-order valence-corrected chi connectivity index (χ0v) is 13.4. The van der Waals surface area contributed by atoms with Crippen LogP contribution in [0.15, 0.2) is 60.8 Å². The molecule has 0 saturated heterocycles. The summed E-state index contributed by atoms with van der Waals surface area (Å²) in [5.74, 6) is 0. The Hall–Kier alpha value is -3.12. The number of rotatable bonds is 3. The van der Waals surface area contributed by atoms with Crippen LogP contribution in [0.5, 0.6) is 0 Å². The summed E-state index contributed by atoms with van der Waals surface area (Å²) < 4.78 is 0. The molecule has 1 aromatic heterocycles. The van der Waals surface area contributed by atoms with E-state index in [0.717, 1.165) is 22.4 Å². The first kappa shape index (κ1) is 15.4. The normalized spacial score (nSPS) is 18.6. The molecule has 126 valence electrons. The van der Waals surface area contributed by atoms with Gasteiger partial charge in [0.05, 0.1) is 17.8 Å². The zero-order chi connectivity index (χ0) is 17.2. The summed E-state index contributed by atoms with van der Waals surface area (Å²) in [4.78, 5) is 12.3. The number of H-pyrrole nitrogens is 1. The Bertz CT molecular complexity index is 875. The molecule has 4 rings (SSSR count). The highest BCUT2D eigenvalue weighted by Gasteiger charge is 2.31. The molecule has 0 fully saturated rings. The van der Waals surface area contributed by atoms with E-state index in [-0.39, 0.29) is 12.1 Å². The number of carbonyl (C=O) groups is 1. The van der Waals surface area contributed by atoms with Crippen LogP contribution in [0, 0.1) is 0 Å². The van der Waals surface area contributed by atoms with Gasteiger partial charge in [0.25, 0.3) is 0 Å². The van der Waals surface area contributed by atoms with Gasteiger partial charge >= 0.3 is 6.03 Å². The lowest BCUT2D eigenvalue weighted by molar-refractivity contribution is 0.144. The first-order valence-corrected chi connectivity index (χ1v) is 8.14. The van der Waals surface area contributed by atoms with Crippen molar-refractivity contribution in [3.63, 3.8) is 0 Å². The number of nitrogens with zero attached hydrogens (tertiary/aromatic N) is 1. The number of hydrogen-bond acceptors (Lipinski definition) is 3. The van der Waals surface area contributed by atoms with Crippen LogP contribution in [0.25, 0.3) is 11.3 Å². The summed E-state index contributed by atoms with van der Waals surface area (Å²) in [5, 5.41) is 22.7. The minimum absolute atomic E-state index is 0.338. The van der Waals surface area contributed by atoms with Crippen LogP contribution in [-0.2, 0) is 6.42 Å². The largest absolute Gasteiger partial charge is 0.390 e. The molecule has 1 aliphatic carbocycles. The van der Waals surface area contributed by atoms with Crippen molar-refractivity contribution in [1.29, 1.82) is 0 Å². The van der Waals surface area contributed by atoms with Crippen molar-refractivity contribution in [2.75, 3.05) is 5.32 Å². The molecule has 0 aliphatic heterocycles. The molecule has 0 unspecified atom stereocenters. The van der Waals surface area contributed by atoms with Crippen molar-refractivity contribution in [3.8, 4) is 11.3 Å². The third kappa shape index (κ3) is 3.12. The SMILES string of the molecule is O=C(Nc1ccc(-c2ccn[nH]2)cc1)N[C@@H]1c2ccccc2C[C@@H]1O. The summed E-state index contributed by atoms with van der Waals surface area (Å²) in [6.45, 7) is 0. The lowest BCUT2D eigenvalue weighted by Crippen LogP contribution is -2.36. The second-order valence-electron chi connectivity index (χ2n) is 6.09. The lowest BCUT2D eigenvalue weighted by atomic mass is 10.1. The predicted octanol–water partition coefficient (Wildman–Crippen LogP) is 2.86. The van der Waals surface area contributed by atoms with Crippen molar-refractivity contribution in [1.82, 2.24) is 15.5 Å². The van der Waals surface area contributed by atoms with E-state index >= 15 is 0 Å². The Morgan fingerprint density at radius 2 is 1.92 bits per heavy atom. The molecule has 6 nitrogen and oxygen atoms in total. The number of benzene rings is 2. The Morgan fingerprint density at radius 3 is 2.68 bits per heavy atom. The first-order valence-electron chi connectivity index (χ1n) is 8.14. The number of urea groups is 1. The summed E-state index contributed by atoms with van der Waals surface area (Å²) >= 11 is 0. The first-order chi connectivity index (χ1) is 12.2. The van der Waals surface area contributed by atoms with Gasteiger partial charge in [-0.15, -0.1) is 0 Å². The molecule has 25 heavy (non-hydrogen) atoms. The number of nitrogens with one attached hydrogen (secondary N) is 3. The van der Waals surface area contributed by atoms with E-state index in [1.807, 2.05) is 54.6 Å². The van der Waals surface area contributed by atoms with Gasteiger partial charge in [0, 0.05) is 18.3 Å². The average Bonchev–Trinajstić information content (AvgIpc) is 3.25. The molecule has 2 aromatic carbocycles. The van der Waals surface area contributed by atoms with E-state index in [2.05, 4.69) is 20.8 Å². The fourth-order valence-electron chi connectivity index (χ4n) is 3.21. The predicted molar refractivity (Wildman–Crippen MR) is 95.1 cm³/mol. The van der Waals surface area contributed by atoms with E-state index in [4.69, 9.17) is 0 Å². The van der Waals surface area contributed by atoms with E-state index in [0.29, 0.717) is 12.1 Å². The zero-order valence-electron chi connectivity index (χ0n) is 13.4. The topological polar surface area (TPSA) is 90.0 Å². The van der Waals surface area contributed by atoms with Crippen LogP contribution in [0.1, 0.15) is 17.2 Å². The van der Waals surface area contributed by atoms with Crippen LogP contribution in [0.3, 0.4) is 0 Å². The molecule has 1 heterocycles. The van der Waals surface area contributed by atoms with Gasteiger partial charge in [0.2, 0.25) is 0 Å². The maximum atomic E-state index is 12.3. The molecule has 2 amide bonds. The number of carbonyl (C=O) groups excluding carboxylic acids is 1. The number of hydrogen-bond donors (Lipinski definition) is 4. The van der Waals surface area contributed by atoms with Gasteiger partial charge in [-0.25, -0.2) is 4.79 Å². The smallest absolute Gasteiger partial charge is 0.319 e. The monoisotopic (exact) mass is 334 g/mol. The molecule has 0 saturated carbocycles. The van der Waals surface area contributed by atoms with Crippen LogP contribution in [0.2, 0.25) is 0 Å². The second kappa shape index (κ2) is 6.41. The van der Waals surface area contributed by atoms with Gasteiger partial charge in [-0.3, -0.25) is 5.10 Å². The molecular formula is C19H18N4O2. The second-order valence-corrected chi connectivity index (χ2v) is 6.09. The number of amides is 2. The Labute approximate surface area is 144 Å². The van der Waals surface area contributed by atoms with Crippen molar-refractivity contribution >= 4 is 11.7 Å². The molecule has 2 atom stereocenters. The number of fused-ring (bicyclic) bond motifs is 1. The number of anilines is 1. The van der Waals surface area contributed by atoms with Crippen molar-refractivity contribution in [2.24, 2.45) is 0 Å². The van der Waals surface area contributed by atoms with Crippen LogP contribution >= 0.6 is 0 Å². The lowest BCUT2D eigenvalue weighted by Gasteiger charge is -2.18. The van der Waals surface area contributed by atoms with Gasteiger partial charge in [-0.05, 0) is 34.9 Å². The highest BCUT2D eigenvalue weighted by molar-refractivity contribution is 5.90. The number of aromatic nitrogens is 2. The van der Waals surface area contributed by atoms with Gasteiger partial charge < -0.3 is 15.7 Å². The maximum Gasteiger partial charge on any atom is 0.319 e. The number of aliphatic hydroxyl groups excluding tert-OH is 1. The molecule has 0 bridgehead atoms. The molecule has 4 N–H and O–H groups in total. The summed E-state index contributed by atoms with van der Waals surface area (Å²) in [6.07, 6.45) is 1.64. The van der Waals surface area contributed by atoms with E-state index in [9.17, 15) is 9.90 Å². The quantitative estimate of drug-likeness (QED) is 0.594. The molecule has 1 aliphatic rings. The van der Waals surface area contributed by atoms with E-state index in [1.54, 1.807) is 6.20 Å². The third-order valence-electron chi connectivity index (χ3n) is 4.45. The molecule has 0 radical (unpaired) electrons. The third-order valence-corrected chi connectivity index (χ3v) is 4.45. The van der Waals surface area contributed by atoms with Gasteiger partial charge in [-0.2, -0.15) is 5.10 Å². The summed E-state index contributed by atoms with van der Waals surface area (Å²) in [6, 6.07) is 16.4. The maximum absolute atomic E-state index is 12.3. The molecule has 3 aromatic rings. The minimum atomic E-state index is -0.606.